The van der Waals surface area contributed by atoms with Gasteiger partial charge in [-0.3, -0.25) is 9.48 Å². The molecule has 2 aromatic rings. The van der Waals surface area contributed by atoms with Gasteiger partial charge in [0.15, 0.2) is 17.3 Å². The standard InChI is InChI=1S/C17H18F2N2O3/c1-4-23-16-9-12(6-8-15(16)24-17(18)19)5-7-14(22)13-10-20-21(3)11(13)2/h5-10,17H,4H2,1-3H3/b7-5+. The molecule has 1 aromatic carbocycles. The lowest BCUT2D eigenvalue weighted by atomic mass is 10.1. The van der Waals surface area contributed by atoms with Crippen LogP contribution in [-0.4, -0.2) is 28.8 Å². The molecule has 1 aromatic heterocycles. The van der Waals surface area contributed by atoms with Gasteiger partial charge in [0, 0.05) is 12.7 Å². The number of hydrogen-bond donors (Lipinski definition) is 0. The quantitative estimate of drug-likeness (QED) is 0.572. The van der Waals surface area contributed by atoms with Crippen molar-refractivity contribution in [1.29, 1.82) is 0 Å². The molecule has 0 fully saturated rings. The lowest BCUT2D eigenvalue weighted by molar-refractivity contribution is -0.0514. The first-order valence-corrected chi connectivity index (χ1v) is 7.35. The van der Waals surface area contributed by atoms with Crippen molar-refractivity contribution in [3.05, 3.63) is 47.3 Å². The maximum absolute atomic E-state index is 12.4. The molecule has 0 N–H and O–H groups in total. The van der Waals surface area contributed by atoms with Gasteiger partial charge in [0.2, 0.25) is 0 Å². The second-order valence-electron chi connectivity index (χ2n) is 4.98. The van der Waals surface area contributed by atoms with Gasteiger partial charge in [0.25, 0.3) is 0 Å². The summed E-state index contributed by atoms with van der Waals surface area (Å²) < 4.78 is 36.1. The molecule has 128 valence electrons. The van der Waals surface area contributed by atoms with Gasteiger partial charge in [0.1, 0.15) is 0 Å². The predicted octanol–water partition coefficient (Wildman–Crippen LogP) is 3.62. The maximum Gasteiger partial charge on any atom is 0.387 e. The second-order valence-corrected chi connectivity index (χ2v) is 4.98. The summed E-state index contributed by atoms with van der Waals surface area (Å²) in [6.45, 7) is 0.919. The number of rotatable bonds is 7. The van der Waals surface area contributed by atoms with E-state index in [1.807, 2.05) is 0 Å². The van der Waals surface area contributed by atoms with E-state index in [1.165, 1.54) is 18.3 Å². The zero-order chi connectivity index (χ0) is 17.7. The molecule has 24 heavy (non-hydrogen) atoms. The van der Waals surface area contributed by atoms with Gasteiger partial charge in [-0.1, -0.05) is 12.1 Å². The Hall–Kier alpha value is -2.70. The number of carbonyl (C=O) groups excluding carboxylic acids is 1. The molecule has 0 amide bonds. The summed E-state index contributed by atoms with van der Waals surface area (Å²) >= 11 is 0. The molecule has 5 nitrogen and oxygen atoms in total. The van der Waals surface area contributed by atoms with Crippen molar-refractivity contribution in [3.63, 3.8) is 0 Å². The molecule has 0 unspecified atom stereocenters. The van der Waals surface area contributed by atoms with E-state index in [4.69, 9.17) is 4.74 Å². The van der Waals surface area contributed by atoms with E-state index in [-0.39, 0.29) is 17.3 Å². The smallest absolute Gasteiger partial charge is 0.387 e. The average molecular weight is 336 g/mol. The van der Waals surface area contributed by atoms with E-state index in [1.54, 1.807) is 43.8 Å². The van der Waals surface area contributed by atoms with Crippen molar-refractivity contribution in [3.8, 4) is 11.5 Å². The van der Waals surface area contributed by atoms with Crippen molar-refractivity contribution in [2.45, 2.75) is 20.5 Å². The van der Waals surface area contributed by atoms with Crippen LogP contribution >= 0.6 is 0 Å². The van der Waals surface area contributed by atoms with Gasteiger partial charge in [-0.2, -0.15) is 13.9 Å². The Bertz CT molecular complexity index is 754. The SMILES string of the molecule is CCOc1cc(/C=C/C(=O)c2cnn(C)c2C)ccc1OC(F)F. The molecule has 0 aliphatic carbocycles. The van der Waals surface area contributed by atoms with Gasteiger partial charge in [-0.25, -0.2) is 0 Å². The number of ketones is 1. The van der Waals surface area contributed by atoms with E-state index in [2.05, 4.69) is 9.84 Å². The van der Waals surface area contributed by atoms with Crippen molar-refractivity contribution in [1.82, 2.24) is 9.78 Å². The lowest BCUT2D eigenvalue weighted by Gasteiger charge is -2.11. The molecule has 7 heteroatoms. The number of aryl methyl sites for hydroxylation is 1. The van der Waals surface area contributed by atoms with E-state index in [0.717, 1.165) is 5.69 Å². The number of ether oxygens (including phenoxy) is 2. The number of hydrogen-bond acceptors (Lipinski definition) is 4. The lowest BCUT2D eigenvalue weighted by Crippen LogP contribution is -2.04. The maximum atomic E-state index is 12.4. The number of alkyl halides is 2. The predicted molar refractivity (Wildman–Crippen MR) is 85.6 cm³/mol. The minimum atomic E-state index is -2.93. The first-order valence-electron chi connectivity index (χ1n) is 7.35. The van der Waals surface area contributed by atoms with E-state index >= 15 is 0 Å². The highest BCUT2D eigenvalue weighted by Gasteiger charge is 2.12. The third kappa shape index (κ3) is 4.18. The zero-order valence-corrected chi connectivity index (χ0v) is 13.6. The van der Waals surface area contributed by atoms with Crippen LogP contribution in [0.25, 0.3) is 6.08 Å². The molecule has 1 heterocycles. The third-order valence-electron chi connectivity index (χ3n) is 3.41. The Balaban J connectivity index is 2.21. The summed E-state index contributed by atoms with van der Waals surface area (Å²) in [4.78, 5) is 12.2. The molecule has 0 aliphatic heterocycles. The molecule has 0 bridgehead atoms. The van der Waals surface area contributed by atoms with Crippen LogP contribution in [-0.2, 0) is 7.05 Å². The van der Waals surface area contributed by atoms with Crippen LogP contribution in [0.3, 0.4) is 0 Å². The summed E-state index contributed by atoms with van der Waals surface area (Å²) in [6.07, 6.45) is 4.50. The van der Waals surface area contributed by atoms with Crippen molar-refractivity contribution < 1.29 is 23.0 Å². The highest BCUT2D eigenvalue weighted by atomic mass is 19.3. The number of benzene rings is 1. The monoisotopic (exact) mass is 336 g/mol. The molecular weight excluding hydrogens is 318 g/mol. The van der Waals surface area contributed by atoms with Crippen LogP contribution in [0.15, 0.2) is 30.5 Å². The minimum Gasteiger partial charge on any atom is -0.490 e. The molecule has 0 aliphatic rings. The summed E-state index contributed by atoms with van der Waals surface area (Å²) in [5.41, 5.74) is 1.91. The highest BCUT2D eigenvalue weighted by molar-refractivity contribution is 6.07. The van der Waals surface area contributed by atoms with Crippen molar-refractivity contribution in [2.24, 2.45) is 7.05 Å². The fourth-order valence-corrected chi connectivity index (χ4v) is 2.09. The summed E-state index contributed by atoms with van der Waals surface area (Å²) in [5, 5.41) is 4.02. The zero-order valence-electron chi connectivity index (χ0n) is 13.6. The first-order chi connectivity index (χ1) is 11.4. The van der Waals surface area contributed by atoms with Crippen LogP contribution in [0.1, 0.15) is 28.5 Å². The summed E-state index contributed by atoms with van der Waals surface area (Å²) in [7, 11) is 1.76. The average Bonchev–Trinajstić information content (AvgIpc) is 2.87. The molecule has 2 rings (SSSR count). The fraction of sp³-hybridized carbons (Fsp3) is 0.294. The Morgan fingerprint density at radius 2 is 2.12 bits per heavy atom. The Kier molecular flexibility index (Phi) is 5.68. The molecule has 0 radical (unpaired) electrons. The number of nitrogens with zero attached hydrogens (tertiary/aromatic N) is 2. The first kappa shape index (κ1) is 17.7. The van der Waals surface area contributed by atoms with E-state index in [9.17, 15) is 13.6 Å². The largest absolute Gasteiger partial charge is 0.490 e. The van der Waals surface area contributed by atoms with Crippen LogP contribution in [0, 0.1) is 6.92 Å². The van der Waals surface area contributed by atoms with Gasteiger partial charge >= 0.3 is 6.61 Å². The van der Waals surface area contributed by atoms with Gasteiger partial charge < -0.3 is 9.47 Å². The van der Waals surface area contributed by atoms with Gasteiger partial charge in [-0.05, 0) is 37.6 Å². The topological polar surface area (TPSA) is 53.3 Å². The van der Waals surface area contributed by atoms with Gasteiger partial charge in [-0.15, -0.1) is 0 Å². The van der Waals surface area contributed by atoms with Crippen LogP contribution < -0.4 is 9.47 Å². The van der Waals surface area contributed by atoms with Crippen molar-refractivity contribution >= 4 is 11.9 Å². The van der Waals surface area contributed by atoms with Crippen LogP contribution in [0.2, 0.25) is 0 Å². The Morgan fingerprint density at radius 1 is 1.38 bits per heavy atom. The molecule has 0 spiro atoms. The van der Waals surface area contributed by atoms with E-state index in [0.29, 0.717) is 17.7 Å². The van der Waals surface area contributed by atoms with Crippen LogP contribution in [0.5, 0.6) is 11.5 Å². The molecule has 0 saturated carbocycles. The fourth-order valence-electron chi connectivity index (χ4n) is 2.09. The van der Waals surface area contributed by atoms with Crippen LogP contribution in [0.4, 0.5) is 8.78 Å². The number of carbonyl (C=O) groups is 1. The molecule has 0 saturated heterocycles. The van der Waals surface area contributed by atoms with Crippen molar-refractivity contribution in [2.75, 3.05) is 6.61 Å². The molecular formula is C17H18F2N2O3. The normalized spacial score (nSPS) is 11.2. The summed E-state index contributed by atoms with van der Waals surface area (Å²) in [5.74, 6) is -0.0325. The Labute approximate surface area is 138 Å². The van der Waals surface area contributed by atoms with Gasteiger partial charge in [0.05, 0.1) is 18.4 Å². The second kappa shape index (κ2) is 7.72. The Morgan fingerprint density at radius 3 is 2.71 bits per heavy atom. The number of allylic oxidation sites excluding steroid dienone is 1. The molecule has 0 atom stereocenters. The summed E-state index contributed by atoms with van der Waals surface area (Å²) in [6, 6.07) is 4.50. The highest BCUT2D eigenvalue weighted by Crippen LogP contribution is 2.30. The minimum absolute atomic E-state index is 0.0431. The third-order valence-corrected chi connectivity index (χ3v) is 3.41. The number of aromatic nitrogens is 2. The number of halogens is 2. The van der Waals surface area contributed by atoms with E-state index < -0.39 is 6.61 Å².